The normalized spacial score (nSPS) is 14.7. The molecule has 0 atom stereocenters. The maximum absolute atomic E-state index is 6.10. The first-order chi connectivity index (χ1) is 9.10. The Morgan fingerprint density at radius 2 is 1.74 bits per heavy atom. The first kappa shape index (κ1) is 12.6. The Bertz CT molecular complexity index is 598. The zero-order valence-corrected chi connectivity index (χ0v) is 12.0. The highest BCUT2D eigenvalue weighted by atomic mass is 35.5. The van der Waals surface area contributed by atoms with E-state index in [1.165, 1.54) is 29.5 Å². The molecule has 0 aliphatic heterocycles. The fourth-order valence-corrected chi connectivity index (χ4v) is 2.71. The average molecular weight is 273 g/mol. The van der Waals surface area contributed by atoms with Gasteiger partial charge in [0.1, 0.15) is 11.0 Å². The molecule has 0 unspecified atom stereocenters. The molecule has 3 heteroatoms. The molecule has 0 spiro atoms. The summed E-state index contributed by atoms with van der Waals surface area (Å²) in [6.45, 7) is 4.23. The fourth-order valence-electron chi connectivity index (χ4n) is 2.50. The van der Waals surface area contributed by atoms with Crippen molar-refractivity contribution in [1.82, 2.24) is 9.97 Å². The maximum Gasteiger partial charge on any atom is 0.134 e. The van der Waals surface area contributed by atoms with Gasteiger partial charge in [-0.3, -0.25) is 0 Å². The Hall–Kier alpha value is -1.41. The van der Waals surface area contributed by atoms with Crippen molar-refractivity contribution in [3.8, 4) is 0 Å². The molecule has 1 aliphatic rings. The van der Waals surface area contributed by atoms with Gasteiger partial charge in [-0.15, -0.1) is 0 Å². The second kappa shape index (κ2) is 4.93. The van der Waals surface area contributed by atoms with E-state index in [1.807, 2.05) is 6.07 Å². The van der Waals surface area contributed by atoms with Crippen molar-refractivity contribution in [3.05, 3.63) is 57.6 Å². The van der Waals surface area contributed by atoms with E-state index in [4.69, 9.17) is 11.6 Å². The lowest BCUT2D eigenvalue weighted by Crippen LogP contribution is -2.01. The molecule has 1 heterocycles. The SMILES string of the molecule is Cc1cc(C)cc(Cc2nc(Cl)cc(C3CC3)n2)c1. The van der Waals surface area contributed by atoms with Gasteiger partial charge in [0.2, 0.25) is 0 Å². The van der Waals surface area contributed by atoms with Gasteiger partial charge in [0.25, 0.3) is 0 Å². The minimum absolute atomic E-state index is 0.566. The Kier molecular flexibility index (Phi) is 3.28. The zero-order chi connectivity index (χ0) is 13.4. The van der Waals surface area contributed by atoms with E-state index in [9.17, 15) is 0 Å². The molecule has 0 N–H and O–H groups in total. The van der Waals surface area contributed by atoms with E-state index in [2.05, 4.69) is 42.0 Å². The monoisotopic (exact) mass is 272 g/mol. The topological polar surface area (TPSA) is 25.8 Å². The third-order valence-corrected chi connectivity index (χ3v) is 3.59. The number of nitrogens with zero attached hydrogens (tertiary/aromatic N) is 2. The van der Waals surface area contributed by atoms with Gasteiger partial charge < -0.3 is 0 Å². The van der Waals surface area contributed by atoms with Gasteiger partial charge in [-0.2, -0.15) is 0 Å². The lowest BCUT2D eigenvalue weighted by Gasteiger charge is -2.06. The summed E-state index contributed by atoms with van der Waals surface area (Å²) in [5, 5.41) is 0.566. The predicted octanol–water partition coefficient (Wildman–Crippen LogP) is 4.22. The summed E-state index contributed by atoms with van der Waals surface area (Å²) in [6, 6.07) is 8.46. The van der Waals surface area contributed by atoms with Crippen molar-refractivity contribution in [1.29, 1.82) is 0 Å². The first-order valence-corrected chi connectivity index (χ1v) is 7.08. The summed E-state index contributed by atoms with van der Waals surface area (Å²) in [7, 11) is 0. The van der Waals surface area contributed by atoms with Crippen LogP contribution in [0.3, 0.4) is 0 Å². The highest BCUT2D eigenvalue weighted by Gasteiger charge is 2.25. The van der Waals surface area contributed by atoms with Crippen LogP contribution in [-0.2, 0) is 6.42 Å². The third-order valence-electron chi connectivity index (χ3n) is 3.40. The number of rotatable bonds is 3. The maximum atomic E-state index is 6.10. The van der Waals surface area contributed by atoms with Crippen LogP contribution in [0, 0.1) is 13.8 Å². The number of aromatic nitrogens is 2. The van der Waals surface area contributed by atoms with Crippen molar-refractivity contribution < 1.29 is 0 Å². The second-order valence-corrected chi connectivity index (χ2v) is 5.87. The van der Waals surface area contributed by atoms with Crippen LogP contribution in [0.15, 0.2) is 24.3 Å². The Morgan fingerprint density at radius 3 is 2.37 bits per heavy atom. The van der Waals surface area contributed by atoms with Crippen molar-refractivity contribution >= 4 is 11.6 Å². The standard InChI is InChI=1S/C16H17ClN2/c1-10-5-11(2)7-12(6-10)8-16-18-14(13-3-4-13)9-15(17)19-16/h5-7,9,13H,3-4,8H2,1-2H3. The van der Waals surface area contributed by atoms with E-state index >= 15 is 0 Å². The Labute approximate surface area is 118 Å². The van der Waals surface area contributed by atoms with Crippen LogP contribution >= 0.6 is 11.6 Å². The lowest BCUT2D eigenvalue weighted by atomic mass is 10.0. The predicted molar refractivity (Wildman–Crippen MR) is 77.7 cm³/mol. The van der Waals surface area contributed by atoms with E-state index in [0.29, 0.717) is 11.1 Å². The van der Waals surface area contributed by atoms with Crippen LogP contribution in [0.5, 0.6) is 0 Å². The summed E-state index contributed by atoms with van der Waals surface area (Å²) in [4.78, 5) is 9.01. The highest BCUT2D eigenvalue weighted by molar-refractivity contribution is 6.29. The molecule has 0 saturated heterocycles. The highest BCUT2D eigenvalue weighted by Crippen LogP contribution is 2.39. The molecule has 0 bridgehead atoms. The quantitative estimate of drug-likeness (QED) is 0.782. The molecular formula is C16H17ClN2. The minimum atomic E-state index is 0.566. The lowest BCUT2D eigenvalue weighted by molar-refractivity contribution is 0.898. The molecule has 1 aromatic heterocycles. The molecular weight excluding hydrogens is 256 g/mol. The van der Waals surface area contributed by atoms with Crippen molar-refractivity contribution in [2.45, 2.75) is 39.0 Å². The van der Waals surface area contributed by atoms with Gasteiger partial charge in [-0.1, -0.05) is 40.9 Å². The zero-order valence-electron chi connectivity index (χ0n) is 11.3. The van der Waals surface area contributed by atoms with Crippen LogP contribution in [0.2, 0.25) is 5.15 Å². The van der Waals surface area contributed by atoms with Gasteiger partial charge in [-0.25, -0.2) is 9.97 Å². The summed E-state index contributed by atoms with van der Waals surface area (Å²) in [6.07, 6.45) is 3.22. The summed E-state index contributed by atoms with van der Waals surface area (Å²) < 4.78 is 0. The van der Waals surface area contributed by atoms with Gasteiger partial charge in [-0.05, 0) is 38.3 Å². The molecule has 1 fully saturated rings. The number of halogens is 1. The van der Waals surface area contributed by atoms with Crippen LogP contribution in [-0.4, -0.2) is 9.97 Å². The van der Waals surface area contributed by atoms with Gasteiger partial charge in [0.15, 0.2) is 0 Å². The molecule has 0 amide bonds. The van der Waals surface area contributed by atoms with Crippen molar-refractivity contribution in [2.24, 2.45) is 0 Å². The van der Waals surface area contributed by atoms with Crippen LogP contribution < -0.4 is 0 Å². The largest absolute Gasteiger partial charge is 0.237 e. The number of hydrogen-bond acceptors (Lipinski definition) is 2. The summed E-state index contributed by atoms with van der Waals surface area (Å²) >= 11 is 6.10. The Balaban J connectivity index is 1.89. The minimum Gasteiger partial charge on any atom is -0.237 e. The van der Waals surface area contributed by atoms with Crippen molar-refractivity contribution in [2.75, 3.05) is 0 Å². The Morgan fingerprint density at radius 1 is 1.05 bits per heavy atom. The average Bonchev–Trinajstić information content (AvgIpc) is 3.09. The van der Waals surface area contributed by atoms with Crippen molar-refractivity contribution in [3.63, 3.8) is 0 Å². The molecule has 98 valence electrons. The molecule has 3 rings (SSSR count). The second-order valence-electron chi connectivity index (χ2n) is 5.48. The number of aryl methyl sites for hydroxylation is 2. The molecule has 0 radical (unpaired) electrons. The van der Waals surface area contributed by atoms with E-state index in [-0.39, 0.29) is 0 Å². The van der Waals surface area contributed by atoms with E-state index in [1.54, 1.807) is 0 Å². The molecule has 19 heavy (non-hydrogen) atoms. The molecule has 1 saturated carbocycles. The fraction of sp³-hybridized carbons (Fsp3) is 0.375. The van der Waals surface area contributed by atoms with Gasteiger partial charge >= 0.3 is 0 Å². The van der Waals surface area contributed by atoms with E-state index < -0.39 is 0 Å². The molecule has 1 aromatic carbocycles. The molecule has 2 nitrogen and oxygen atoms in total. The van der Waals surface area contributed by atoms with Crippen LogP contribution in [0.4, 0.5) is 0 Å². The summed E-state index contributed by atoms with van der Waals surface area (Å²) in [5.74, 6) is 1.44. The molecule has 1 aliphatic carbocycles. The van der Waals surface area contributed by atoms with Crippen LogP contribution in [0.1, 0.15) is 47.0 Å². The smallest absolute Gasteiger partial charge is 0.134 e. The van der Waals surface area contributed by atoms with Gasteiger partial charge in [0.05, 0.1) is 0 Å². The van der Waals surface area contributed by atoms with E-state index in [0.717, 1.165) is 17.9 Å². The van der Waals surface area contributed by atoms with Gasteiger partial charge in [0, 0.05) is 18.0 Å². The summed E-state index contributed by atoms with van der Waals surface area (Å²) in [5.41, 5.74) is 4.92. The molecule has 2 aromatic rings. The first-order valence-electron chi connectivity index (χ1n) is 6.71. The number of hydrogen-bond donors (Lipinski definition) is 0. The van der Waals surface area contributed by atoms with Crippen LogP contribution in [0.25, 0.3) is 0 Å². The third kappa shape index (κ3) is 3.13. The number of benzene rings is 1.